The van der Waals surface area contributed by atoms with Gasteiger partial charge in [-0.1, -0.05) is 0 Å². The Morgan fingerprint density at radius 2 is 2.31 bits per heavy atom. The second kappa shape index (κ2) is 6.21. The number of hydrogen-bond acceptors (Lipinski definition) is 6. The zero-order valence-electron chi connectivity index (χ0n) is 8.50. The topological polar surface area (TPSA) is 108 Å². The summed E-state index contributed by atoms with van der Waals surface area (Å²) in [5.41, 5.74) is 0. The monoisotopic (exact) mass is 230 g/mol. The third-order valence-corrected chi connectivity index (χ3v) is 2.12. The lowest BCUT2D eigenvalue weighted by Gasteiger charge is -2.11. The molecule has 1 rings (SSSR count). The molecule has 3 atom stereocenters. The Balaban J connectivity index is 2.29. The Bertz CT molecular complexity index is 281. The first kappa shape index (κ1) is 12.6. The maximum atomic E-state index is 10.8. The second-order valence-corrected chi connectivity index (χ2v) is 3.28. The van der Waals surface area contributed by atoms with Crippen LogP contribution in [0.4, 0.5) is 0 Å². The van der Waals surface area contributed by atoms with Gasteiger partial charge >= 0.3 is 0 Å². The molecule has 0 aromatic heterocycles. The van der Waals surface area contributed by atoms with Crippen LogP contribution >= 0.6 is 0 Å². The van der Waals surface area contributed by atoms with Gasteiger partial charge < -0.3 is 20.3 Å². The average Bonchev–Trinajstić information content (AvgIpc) is 2.59. The van der Waals surface area contributed by atoms with E-state index in [2.05, 4.69) is 5.32 Å². The van der Waals surface area contributed by atoms with E-state index in [0.717, 1.165) is 6.08 Å². The van der Waals surface area contributed by atoms with Crippen LogP contribution in [0.3, 0.4) is 0 Å². The van der Waals surface area contributed by atoms with Crippen molar-refractivity contribution in [1.82, 2.24) is 10.6 Å². The number of nitrogens with one attached hydrogen (secondary N) is 2. The standard InChI is InChI=1S/C9H14N2O5/c12-4-7-6(14)3-9(16-7)10-2-1-8(15)11-5-13/h1-2,5-7,9-10,12,14H,3-4H2,(H,11,13,15)/b2-1-/t6-,7-,9-/m1/s1. The summed E-state index contributed by atoms with van der Waals surface area (Å²) in [6.45, 7) is -0.255. The van der Waals surface area contributed by atoms with Gasteiger partial charge in [0, 0.05) is 18.7 Å². The van der Waals surface area contributed by atoms with E-state index in [1.54, 1.807) is 0 Å². The normalized spacial score (nSPS) is 29.2. The molecule has 90 valence electrons. The first-order valence-electron chi connectivity index (χ1n) is 4.78. The van der Waals surface area contributed by atoms with Crippen LogP contribution in [0.25, 0.3) is 0 Å². The predicted octanol–water partition coefficient (Wildman–Crippen LogP) is -2.17. The molecule has 0 aliphatic carbocycles. The molecule has 1 saturated heterocycles. The van der Waals surface area contributed by atoms with Gasteiger partial charge in [-0.2, -0.15) is 0 Å². The van der Waals surface area contributed by atoms with Gasteiger partial charge in [0.15, 0.2) is 0 Å². The number of amides is 2. The van der Waals surface area contributed by atoms with Gasteiger partial charge in [-0.3, -0.25) is 14.9 Å². The summed E-state index contributed by atoms with van der Waals surface area (Å²) in [6.07, 6.45) is 1.27. The summed E-state index contributed by atoms with van der Waals surface area (Å²) >= 11 is 0. The zero-order chi connectivity index (χ0) is 12.0. The van der Waals surface area contributed by atoms with Crippen molar-refractivity contribution in [2.24, 2.45) is 0 Å². The maximum absolute atomic E-state index is 10.8. The Kier molecular flexibility index (Phi) is 4.90. The van der Waals surface area contributed by atoms with Crippen molar-refractivity contribution in [3.63, 3.8) is 0 Å². The number of imide groups is 1. The Morgan fingerprint density at radius 3 is 2.88 bits per heavy atom. The first-order valence-corrected chi connectivity index (χ1v) is 4.78. The molecule has 7 nitrogen and oxygen atoms in total. The number of carbonyl (C=O) groups excluding carboxylic acids is 2. The number of rotatable bonds is 5. The second-order valence-electron chi connectivity index (χ2n) is 3.28. The van der Waals surface area contributed by atoms with E-state index in [9.17, 15) is 14.7 Å². The molecule has 0 aromatic carbocycles. The summed E-state index contributed by atoms with van der Waals surface area (Å²) in [7, 11) is 0. The van der Waals surface area contributed by atoms with Crippen LogP contribution < -0.4 is 10.6 Å². The molecule has 1 heterocycles. The van der Waals surface area contributed by atoms with Gasteiger partial charge in [0.05, 0.1) is 12.7 Å². The van der Waals surface area contributed by atoms with Crippen molar-refractivity contribution in [3.8, 4) is 0 Å². The van der Waals surface area contributed by atoms with Crippen molar-refractivity contribution < 1.29 is 24.5 Å². The smallest absolute Gasteiger partial charge is 0.251 e. The number of carbonyl (C=O) groups is 2. The summed E-state index contributed by atoms with van der Waals surface area (Å²) in [4.78, 5) is 20.7. The number of aliphatic hydroxyl groups is 2. The lowest BCUT2D eigenvalue weighted by molar-refractivity contribution is -0.121. The van der Waals surface area contributed by atoms with Gasteiger partial charge in [0.1, 0.15) is 12.3 Å². The molecule has 0 aromatic rings. The fraction of sp³-hybridized carbons (Fsp3) is 0.556. The van der Waals surface area contributed by atoms with Crippen molar-refractivity contribution in [2.45, 2.75) is 24.9 Å². The highest BCUT2D eigenvalue weighted by Gasteiger charge is 2.32. The Labute approximate surface area is 92.1 Å². The fourth-order valence-electron chi connectivity index (χ4n) is 1.34. The molecular weight excluding hydrogens is 216 g/mol. The molecule has 1 aliphatic rings. The van der Waals surface area contributed by atoms with Crippen LogP contribution in [0.5, 0.6) is 0 Å². The molecule has 16 heavy (non-hydrogen) atoms. The van der Waals surface area contributed by atoms with Crippen molar-refractivity contribution in [1.29, 1.82) is 0 Å². The molecule has 1 fully saturated rings. The third-order valence-electron chi connectivity index (χ3n) is 2.12. The molecule has 0 saturated carbocycles. The van der Waals surface area contributed by atoms with Gasteiger partial charge in [-0.25, -0.2) is 0 Å². The molecular formula is C9H14N2O5. The quantitative estimate of drug-likeness (QED) is 0.316. The summed E-state index contributed by atoms with van der Waals surface area (Å²) in [5, 5.41) is 22.8. The van der Waals surface area contributed by atoms with Crippen LogP contribution in [0, 0.1) is 0 Å². The molecule has 7 heteroatoms. The molecule has 0 unspecified atom stereocenters. The molecule has 4 N–H and O–H groups in total. The van der Waals surface area contributed by atoms with E-state index in [-0.39, 0.29) is 13.0 Å². The molecule has 1 aliphatic heterocycles. The minimum atomic E-state index is -0.722. The van der Waals surface area contributed by atoms with Crippen LogP contribution in [0.15, 0.2) is 12.3 Å². The summed E-state index contributed by atoms with van der Waals surface area (Å²) in [5.74, 6) is -0.556. The SMILES string of the molecule is O=CNC(=O)/C=C\N[C@H]1C[C@@H](O)[C@@H](CO)O1. The lowest BCUT2D eigenvalue weighted by atomic mass is 10.2. The molecule has 0 bridgehead atoms. The first-order chi connectivity index (χ1) is 7.67. The highest BCUT2D eigenvalue weighted by molar-refractivity contribution is 5.94. The highest BCUT2D eigenvalue weighted by atomic mass is 16.5. The molecule has 0 spiro atoms. The van der Waals surface area contributed by atoms with Gasteiger partial charge in [-0.05, 0) is 0 Å². The Hall–Kier alpha value is -1.44. The van der Waals surface area contributed by atoms with Crippen LogP contribution in [0.1, 0.15) is 6.42 Å². The third kappa shape index (κ3) is 3.61. The number of hydrogen-bond donors (Lipinski definition) is 4. The van der Waals surface area contributed by atoms with E-state index in [4.69, 9.17) is 9.84 Å². The van der Waals surface area contributed by atoms with Crippen molar-refractivity contribution >= 4 is 12.3 Å². The van der Waals surface area contributed by atoms with E-state index < -0.39 is 24.3 Å². The average molecular weight is 230 g/mol. The van der Waals surface area contributed by atoms with Crippen molar-refractivity contribution in [3.05, 3.63) is 12.3 Å². The fourth-order valence-corrected chi connectivity index (χ4v) is 1.34. The van der Waals surface area contributed by atoms with Crippen LogP contribution in [-0.2, 0) is 14.3 Å². The van der Waals surface area contributed by atoms with Crippen molar-refractivity contribution in [2.75, 3.05) is 6.61 Å². The summed E-state index contributed by atoms with van der Waals surface area (Å²) < 4.78 is 5.20. The van der Waals surface area contributed by atoms with Gasteiger partial charge in [0.2, 0.25) is 6.41 Å². The van der Waals surface area contributed by atoms with Gasteiger partial charge in [-0.15, -0.1) is 0 Å². The minimum Gasteiger partial charge on any atom is -0.394 e. The number of ether oxygens (including phenoxy) is 1. The highest BCUT2D eigenvalue weighted by Crippen LogP contribution is 2.17. The Morgan fingerprint density at radius 1 is 1.56 bits per heavy atom. The van der Waals surface area contributed by atoms with E-state index in [1.807, 2.05) is 5.32 Å². The van der Waals surface area contributed by atoms with Gasteiger partial charge in [0.25, 0.3) is 5.91 Å². The minimum absolute atomic E-state index is 0.255. The molecule has 0 radical (unpaired) electrons. The maximum Gasteiger partial charge on any atom is 0.251 e. The van der Waals surface area contributed by atoms with Crippen LogP contribution in [-0.4, -0.2) is 47.6 Å². The largest absolute Gasteiger partial charge is 0.394 e. The van der Waals surface area contributed by atoms with E-state index in [1.165, 1.54) is 6.20 Å². The van der Waals surface area contributed by atoms with Crippen LogP contribution in [0.2, 0.25) is 0 Å². The number of aliphatic hydroxyl groups excluding tert-OH is 2. The van der Waals surface area contributed by atoms with E-state index >= 15 is 0 Å². The molecule has 2 amide bonds. The van der Waals surface area contributed by atoms with E-state index in [0.29, 0.717) is 6.42 Å². The zero-order valence-corrected chi connectivity index (χ0v) is 8.50. The predicted molar refractivity (Wildman–Crippen MR) is 52.9 cm³/mol. The lowest BCUT2D eigenvalue weighted by Crippen LogP contribution is -2.27. The summed E-state index contributed by atoms with van der Waals surface area (Å²) in [6, 6.07) is 0.